The van der Waals surface area contributed by atoms with Crippen LogP contribution in [0.3, 0.4) is 0 Å². The highest BCUT2D eigenvalue weighted by Crippen LogP contribution is 2.20. The van der Waals surface area contributed by atoms with E-state index in [1.54, 1.807) is 18.2 Å². The first kappa shape index (κ1) is 19.9. The maximum absolute atomic E-state index is 12.5. The van der Waals surface area contributed by atoms with Gasteiger partial charge in [0.05, 0.1) is 0 Å². The Balaban J connectivity index is 1.60. The first-order valence-corrected chi connectivity index (χ1v) is 9.90. The number of carbonyl (C=O) groups is 2. The van der Waals surface area contributed by atoms with E-state index >= 15 is 0 Å². The van der Waals surface area contributed by atoms with Gasteiger partial charge in [-0.15, -0.1) is 0 Å². The molecule has 1 aromatic heterocycles. The molecule has 0 radical (unpaired) electrons. The van der Waals surface area contributed by atoms with Gasteiger partial charge in [-0.3, -0.25) is 9.59 Å². The molecule has 2 aromatic rings. The van der Waals surface area contributed by atoms with Gasteiger partial charge in [0.15, 0.2) is 5.69 Å². The number of nitrogens with zero attached hydrogens (tertiary/aromatic N) is 1. The van der Waals surface area contributed by atoms with E-state index in [1.165, 1.54) is 18.4 Å². The summed E-state index contributed by atoms with van der Waals surface area (Å²) in [5.41, 5.74) is 3.65. The maximum Gasteiger partial charge on any atom is 0.277 e. The zero-order chi connectivity index (χ0) is 19.9. The third-order valence-corrected chi connectivity index (χ3v) is 5.00. The molecule has 0 bridgehead atoms. The maximum atomic E-state index is 12.5. The van der Waals surface area contributed by atoms with Crippen molar-refractivity contribution in [1.29, 1.82) is 0 Å². The molecule has 0 saturated carbocycles. The lowest BCUT2D eigenvalue weighted by molar-refractivity contribution is 0.0952. The molecule has 0 unspecified atom stereocenters. The number of allylic oxidation sites excluding steroid dienone is 1. The van der Waals surface area contributed by atoms with Gasteiger partial charge in [0.2, 0.25) is 0 Å². The molecule has 1 heterocycles. The monoisotopic (exact) mass is 381 g/mol. The minimum Gasteiger partial charge on any atom is -0.361 e. The van der Waals surface area contributed by atoms with Crippen LogP contribution in [0.5, 0.6) is 0 Å². The molecular weight excluding hydrogens is 354 g/mol. The Hall–Kier alpha value is -2.89. The molecule has 6 heteroatoms. The molecule has 0 spiro atoms. The lowest BCUT2D eigenvalue weighted by atomic mass is 9.97. The summed E-state index contributed by atoms with van der Waals surface area (Å²) >= 11 is 0. The Morgan fingerprint density at radius 2 is 2.04 bits per heavy atom. The van der Waals surface area contributed by atoms with E-state index in [-0.39, 0.29) is 17.5 Å². The van der Waals surface area contributed by atoms with Crippen LogP contribution in [-0.4, -0.2) is 23.5 Å². The Morgan fingerprint density at radius 1 is 1.18 bits per heavy atom. The highest BCUT2D eigenvalue weighted by molar-refractivity contribution is 6.04. The van der Waals surface area contributed by atoms with E-state index in [9.17, 15) is 9.59 Å². The Bertz CT molecular complexity index is 883. The SMILES string of the molecule is CCc1cc(C(=O)Nc2cc(C(=O)NCCC3=CCCCC3)ccc2C)no1. The average molecular weight is 381 g/mol. The largest absolute Gasteiger partial charge is 0.361 e. The van der Waals surface area contributed by atoms with Crippen LogP contribution in [0.25, 0.3) is 0 Å². The van der Waals surface area contributed by atoms with Crippen LogP contribution < -0.4 is 10.6 Å². The van der Waals surface area contributed by atoms with Gasteiger partial charge in [0, 0.05) is 30.3 Å². The summed E-state index contributed by atoms with van der Waals surface area (Å²) < 4.78 is 5.08. The number of carbonyl (C=O) groups excluding carboxylic acids is 2. The predicted octanol–water partition coefficient (Wildman–Crippen LogP) is 4.42. The fourth-order valence-corrected chi connectivity index (χ4v) is 3.24. The average Bonchev–Trinajstić information content (AvgIpc) is 3.20. The van der Waals surface area contributed by atoms with Crippen LogP contribution in [0.2, 0.25) is 0 Å². The minimum atomic E-state index is -0.353. The summed E-state index contributed by atoms with van der Waals surface area (Å²) in [6.45, 7) is 4.44. The summed E-state index contributed by atoms with van der Waals surface area (Å²) in [5.74, 6) is 0.165. The fourth-order valence-electron chi connectivity index (χ4n) is 3.24. The number of anilines is 1. The van der Waals surface area contributed by atoms with Crippen molar-refractivity contribution in [3.63, 3.8) is 0 Å². The molecule has 0 fully saturated rings. The second kappa shape index (κ2) is 9.35. The minimum absolute atomic E-state index is 0.137. The van der Waals surface area contributed by atoms with Crippen molar-refractivity contribution in [2.45, 2.75) is 52.4 Å². The quantitative estimate of drug-likeness (QED) is 0.696. The van der Waals surface area contributed by atoms with Crippen molar-refractivity contribution in [1.82, 2.24) is 10.5 Å². The second-order valence-corrected chi connectivity index (χ2v) is 7.13. The number of benzene rings is 1. The van der Waals surface area contributed by atoms with Crippen molar-refractivity contribution >= 4 is 17.5 Å². The van der Waals surface area contributed by atoms with E-state index in [4.69, 9.17) is 4.52 Å². The van der Waals surface area contributed by atoms with Crippen molar-refractivity contribution in [2.24, 2.45) is 0 Å². The van der Waals surface area contributed by atoms with Crippen LogP contribution in [0.4, 0.5) is 5.69 Å². The topological polar surface area (TPSA) is 84.2 Å². The third-order valence-electron chi connectivity index (χ3n) is 5.00. The van der Waals surface area contributed by atoms with E-state index in [0.29, 0.717) is 30.0 Å². The fraction of sp³-hybridized carbons (Fsp3) is 0.409. The lowest BCUT2D eigenvalue weighted by Crippen LogP contribution is -2.25. The number of rotatable bonds is 7. The number of amides is 2. The second-order valence-electron chi connectivity index (χ2n) is 7.13. The van der Waals surface area contributed by atoms with Gasteiger partial charge in [0.25, 0.3) is 11.8 Å². The molecule has 0 saturated heterocycles. The highest BCUT2D eigenvalue weighted by atomic mass is 16.5. The number of nitrogens with one attached hydrogen (secondary N) is 2. The zero-order valence-electron chi connectivity index (χ0n) is 16.5. The third kappa shape index (κ3) is 5.09. The summed E-state index contributed by atoms with van der Waals surface area (Å²) in [5, 5.41) is 9.57. The molecule has 1 aromatic carbocycles. The van der Waals surface area contributed by atoms with Crippen LogP contribution in [-0.2, 0) is 6.42 Å². The van der Waals surface area contributed by atoms with Crippen molar-refractivity contribution < 1.29 is 14.1 Å². The summed E-state index contributed by atoms with van der Waals surface area (Å²) in [4.78, 5) is 24.9. The van der Waals surface area contributed by atoms with Crippen LogP contribution in [0.1, 0.15) is 71.2 Å². The van der Waals surface area contributed by atoms with Crippen LogP contribution in [0.15, 0.2) is 40.4 Å². The first-order valence-electron chi connectivity index (χ1n) is 9.90. The normalized spacial score (nSPS) is 13.7. The molecule has 28 heavy (non-hydrogen) atoms. The highest BCUT2D eigenvalue weighted by Gasteiger charge is 2.15. The number of hydrogen-bond donors (Lipinski definition) is 2. The molecule has 2 amide bonds. The van der Waals surface area contributed by atoms with E-state index in [1.807, 2.05) is 19.9 Å². The predicted molar refractivity (Wildman–Crippen MR) is 109 cm³/mol. The summed E-state index contributed by atoms with van der Waals surface area (Å²) in [6.07, 6.45) is 8.66. The standard InChI is InChI=1S/C22H27N3O3/c1-3-18-14-20(25-28-18)22(27)24-19-13-17(10-9-15(19)2)21(26)23-12-11-16-7-5-4-6-8-16/h7,9-10,13-14H,3-6,8,11-12H2,1-2H3,(H,23,26)(H,24,27). The van der Waals surface area contributed by atoms with Gasteiger partial charge in [-0.1, -0.05) is 29.8 Å². The molecular formula is C22H27N3O3. The summed E-state index contributed by atoms with van der Waals surface area (Å²) in [6, 6.07) is 6.92. The molecule has 148 valence electrons. The first-order chi connectivity index (χ1) is 13.6. The van der Waals surface area contributed by atoms with Gasteiger partial charge >= 0.3 is 0 Å². The van der Waals surface area contributed by atoms with E-state index in [0.717, 1.165) is 24.8 Å². The van der Waals surface area contributed by atoms with Gasteiger partial charge < -0.3 is 15.2 Å². The molecule has 6 nitrogen and oxygen atoms in total. The Kier molecular flexibility index (Phi) is 6.63. The molecule has 0 atom stereocenters. The number of aryl methyl sites for hydroxylation is 2. The van der Waals surface area contributed by atoms with Gasteiger partial charge in [-0.25, -0.2) is 0 Å². The molecule has 1 aliphatic carbocycles. The smallest absolute Gasteiger partial charge is 0.277 e. The van der Waals surface area contributed by atoms with Crippen molar-refractivity contribution in [2.75, 3.05) is 11.9 Å². The van der Waals surface area contributed by atoms with E-state index < -0.39 is 0 Å². The van der Waals surface area contributed by atoms with Crippen LogP contribution >= 0.6 is 0 Å². The molecule has 1 aliphatic rings. The zero-order valence-corrected chi connectivity index (χ0v) is 16.5. The van der Waals surface area contributed by atoms with E-state index in [2.05, 4.69) is 21.9 Å². The molecule has 3 rings (SSSR count). The van der Waals surface area contributed by atoms with Gasteiger partial charge in [-0.05, 0) is 56.7 Å². The van der Waals surface area contributed by atoms with Crippen molar-refractivity contribution in [3.05, 3.63) is 58.5 Å². The van der Waals surface area contributed by atoms with Crippen LogP contribution in [0, 0.1) is 6.92 Å². The summed E-state index contributed by atoms with van der Waals surface area (Å²) in [7, 11) is 0. The number of aromatic nitrogens is 1. The molecule has 0 aliphatic heterocycles. The van der Waals surface area contributed by atoms with Gasteiger partial charge in [-0.2, -0.15) is 0 Å². The lowest BCUT2D eigenvalue weighted by Gasteiger charge is -2.13. The Morgan fingerprint density at radius 3 is 2.75 bits per heavy atom. The molecule has 2 N–H and O–H groups in total. The van der Waals surface area contributed by atoms with Gasteiger partial charge in [0.1, 0.15) is 5.76 Å². The Labute approximate surface area is 165 Å². The van der Waals surface area contributed by atoms with Crippen molar-refractivity contribution in [3.8, 4) is 0 Å². The number of hydrogen-bond acceptors (Lipinski definition) is 4.